The highest BCUT2D eigenvalue weighted by atomic mass is 32.2. The van der Waals surface area contributed by atoms with Crippen LogP contribution in [0.1, 0.15) is 75.8 Å². The molecule has 0 radical (unpaired) electrons. The number of rotatable bonds is 17. The number of hydrogen-bond donors (Lipinski definition) is 4. The molecule has 0 bridgehead atoms. The summed E-state index contributed by atoms with van der Waals surface area (Å²) in [6.07, 6.45) is 7.52. The van der Waals surface area contributed by atoms with Gasteiger partial charge in [0.2, 0.25) is 31.8 Å². The lowest BCUT2D eigenvalue weighted by Gasteiger charge is -2.35. The second-order valence-electron chi connectivity index (χ2n) is 11.7. The molecule has 1 saturated heterocycles. The predicted molar refractivity (Wildman–Crippen MR) is 172 cm³/mol. The molecule has 2 aromatic carbocycles. The Balaban J connectivity index is 1.25. The third-order valence-electron chi connectivity index (χ3n) is 7.91. The van der Waals surface area contributed by atoms with Crippen LogP contribution in [0, 0.1) is 5.92 Å². The van der Waals surface area contributed by atoms with Crippen LogP contribution in [0.3, 0.4) is 0 Å². The highest BCUT2D eigenvalue weighted by Crippen LogP contribution is 2.29. The minimum Gasteiger partial charge on any atom is -0.387 e. The molecule has 45 heavy (non-hydrogen) atoms. The van der Waals surface area contributed by atoms with Crippen molar-refractivity contribution in [2.45, 2.75) is 81.9 Å². The molecule has 4 N–H and O–H groups in total. The highest BCUT2D eigenvalue weighted by molar-refractivity contribution is 7.92. The Morgan fingerprint density at radius 2 is 1.78 bits per heavy atom. The van der Waals surface area contributed by atoms with Crippen molar-refractivity contribution in [2.24, 2.45) is 5.92 Å². The first-order chi connectivity index (χ1) is 21.5. The summed E-state index contributed by atoms with van der Waals surface area (Å²) in [5, 5.41) is 28.6. The van der Waals surface area contributed by atoms with Gasteiger partial charge in [0, 0.05) is 30.8 Å². The fraction of sp³-hybridized carbons (Fsp3) is 0.548. The summed E-state index contributed by atoms with van der Waals surface area (Å²) in [7, 11) is -7.36. The van der Waals surface area contributed by atoms with Gasteiger partial charge < -0.3 is 20.1 Å². The Morgan fingerprint density at radius 3 is 2.49 bits per heavy atom. The van der Waals surface area contributed by atoms with Crippen molar-refractivity contribution in [1.29, 1.82) is 0 Å². The number of nitrogens with zero attached hydrogens (tertiary/aromatic N) is 3. The van der Waals surface area contributed by atoms with Gasteiger partial charge in [0.25, 0.3) is 0 Å². The van der Waals surface area contributed by atoms with Crippen LogP contribution < -0.4 is 10.0 Å². The van der Waals surface area contributed by atoms with E-state index in [-0.39, 0.29) is 30.3 Å². The SMILES string of the molecule is CCCCCCCCc1nc(-c2ccc(S(=O)(=O)N3CCC(CNCC(O)c4cccc(NS(C)(=O)=O)c4)CC3O)cc2)no1. The number of nitrogens with one attached hydrogen (secondary N) is 2. The number of benzene rings is 2. The van der Waals surface area contributed by atoms with Crippen molar-refractivity contribution >= 4 is 25.7 Å². The molecule has 1 aliphatic rings. The summed E-state index contributed by atoms with van der Waals surface area (Å²) >= 11 is 0. The van der Waals surface area contributed by atoms with Crippen molar-refractivity contribution in [3.8, 4) is 11.4 Å². The van der Waals surface area contributed by atoms with Gasteiger partial charge in [-0.2, -0.15) is 9.29 Å². The molecule has 1 aliphatic heterocycles. The lowest BCUT2D eigenvalue weighted by molar-refractivity contribution is 0.0106. The van der Waals surface area contributed by atoms with E-state index in [1.807, 2.05) is 0 Å². The quantitative estimate of drug-likeness (QED) is 0.154. The molecule has 3 atom stereocenters. The van der Waals surface area contributed by atoms with Crippen LogP contribution in [0.25, 0.3) is 11.4 Å². The summed E-state index contributed by atoms with van der Waals surface area (Å²) in [6, 6.07) is 12.8. The summed E-state index contributed by atoms with van der Waals surface area (Å²) in [5.74, 6) is 0.989. The Morgan fingerprint density at radius 1 is 1.04 bits per heavy atom. The molecule has 3 aromatic rings. The molecular weight excluding hydrogens is 619 g/mol. The molecule has 2 heterocycles. The lowest BCUT2D eigenvalue weighted by Crippen LogP contribution is -2.47. The third kappa shape index (κ3) is 10.3. The smallest absolute Gasteiger partial charge is 0.245 e. The van der Waals surface area contributed by atoms with E-state index in [9.17, 15) is 27.0 Å². The zero-order valence-corrected chi connectivity index (χ0v) is 27.6. The van der Waals surface area contributed by atoms with E-state index < -0.39 is 32.4 Å². The predicted octanol–water partition coefficient (Wildman–Crippen LogP) is 4.05. The number of aliphatic hydroxyl groups is 2. The van der Waals surface area contributed by atoms with Gasteiger partial charge in [0.1, 0.15) is 6.23 Å². The summed E-state index contributed by atoms with van der Waals surface area (Å²) in [6.45, 7) is 3.04. The van der Waals surface area contributed by atoms with Gasteiger partial charge in [0.15, 0.2) is 0 Å². The number of aromatic nitrogens is 2. The van der Waals surface area contributed by atoms with Gasteiger partial charge in [-0.1, -0.05) is 56.3 Å². The van der Waals surface area contributed by atoms with Gasteiger partial charge >= 0.3 is 0 Å². The standard InChI is InChI=1S/C31H45N5O7S2/c1-3-4-5-6-7-8-12-29-33-31(34-43-29)24-13-15-27(16-14-24)45(41,42)36-18-17-23(19-30(36)38)21-32-22-28(37)25-10-9-11-26(20-25)35-44(2,39)40/h9-11,13-16,20,23,28,30,32,35,37-38H,3-8,12,17-19,21-22H2,1-2H3. The maximum atomic E-state index is 13.4. The highest BCUT2D eigenvalue weighted by Gasteiger charge is 2.36. The molecule has 3 unspecified atom stereocenters. The summed E-state index contributed by atoms with van der Waals surface area (Å²) in [5.41, 5.74) is 1.57. The van der Waals surface area contributed by atoms with Gasteiger partial charge in [-0.15, -0.1) is 0 Å². The van der Waals surface area contributed by atoms with Gasteiger partial charge in [0.05, 0.1) is 17.3 Å². The van der Waals surface area contributed by atoms with E-state index >= 15 is 0 Å². The number of piperidine rings is 1. The molecule has 0 amide bonds. The zero-order chi connectivity index (χ0) is 32.5. The van der Waals surface area contributed by atoms with Crippen LogP contribution in [0.15, 0.2) is 57.9 Å². The Hall–Kier alpha value is -2.88. The third-order valence-corrected chi connectivity index (χ3v) is 10.4. The molecule has 1 fully saturated rings. The first-order valence-electron chi connectivity index (χ1n) is 15.6. The first-order valence-corrected chi connectivity index (χ1v) is 18.9. The molecule has 4 rings (SSSR count). The summed E-state index contributed by atoms with van der Waals surface area (Å²) < 4.78 is 58.6. The second-order valence-corrected chi connectivity index (χ2v) is 15.4. The van der Waals surface area contributed by atoms with Crippen molar-refractivity contribution in [1.82, 2.24) is 19.8 Å². The van der Waals surface area contributed by atoms with E-state index in [2.05, 4.69) is 27.1 Å². The van der Waals surface area contributed by atoms with Crippen molar-refractivity contribution in [2.75, 3.05) is 30.6 Å². The maximum Gasteiger partial charge on any atom is 0.245 e. The van der Waals surface area contributed by atoms with Crippen LogP contribution in [-0.4, -0.2) is 73.6 Å². The van der Waals surface area contributed by atoms with Crippen molar-refractivity contribution in [3.63, 3.8) is 0 Å². The molecule has 0 saturated carbocycles. The Kier molecular flexibility index (Phi) is 12.5. The largest absolute Gasteiger partial charge is 0.387 e. The number of aliphatic hydroxyl groups excluding tert-OH is 2. The Bertz CT molecular complexity index is 1580. The number of unbranched alkanes of at least 4 members (excludes halogenated alkanes) is 5. The zero-order valence-electron chi connectivity index (χ0n) is 25.9. The van der Waals surface area contributed by atoms with Crippen molar-refractivity contribution < 1.29 is 31.6 Å². The van der Waals surface area contributed by atoms with Crippen LogP contribution in [-0.2, 0) is 26.5 Å². The number of anilines is 1. The average molecular weight is 664 g/mol. The fourth-order valence-electron chi connectivity index (χ4n) is 5.47. The number of aryl methyl sites for hydroxylation is 1. The monoisotopic (exact) mass is 663 g/mol. The van der Waals surface area contributed by atoms with Crippen molar-refractivity contribution in [3.05, 3.63) is 60.0 Å². The molecule has 0 aliphatic carbocycles. The lowest BCUT2D eigenvalue weighted by atomic mass is 9.96. The van der Waals surface area contributed by atoms with E-state index in [4.69, 9.17) is 4.52 Å². The average Bonchev–Trinajstić information content (AvgIpc) is 3.47. The van der Waals surface area contributed by atoms with E-state index in [0.29, 0.717) is 47.9 Å². The first kappa shape index (κ1) is 35.0. The minimum atomic E-state index is -3.93. The number of hydrogen-bond acceptors (Lipinski definition) is 10. The van der Waals surface area contributed by atoms with Crippen LogP contribution in [0.4, 0.5) is 5.69 Å². The van der Waals surface area contributed by atoms with E-state index in [0.717, 1.165) is 23.4 Å². The summed E-state index contributed by atoms with van der Waals surface area (Å²) in [4.78, 5) is 4.54. The second kappa shape index (κ2) is 16.1. The fourth-order valence-corrected chi connectivity index (χ4v) is 7.52. The number of sulfonamides is 2. The van der Waals surface area contributed by atoms with Gasteiger partial charge in [-0.05, 0) is 73.7 Å². The van der Waals surface area contributed by atoms with Crippen LogP contribution in [0.5, 0.6) is 0 Å². The van der Waals surface area contributed by atoms with Crippen LogP contribution in [0.2, 0.25) is 0 Å². The van der Waals surface area contributed by atoms with E-state index in [1.54, 1.807) is 36.4 Å². The minimum absolute atomic E-state index is 0.00281. The van der Waals surface area contributed by atoms with Crippen LogP contribution >= 0.6 is 0 Å². The van der Waals surface area contributed by atoms with E-state index in [1.165, 1.54) is 37.8 Å². The molecule has 0 spiro atoms. The topological polar surface area (TPSA) is 175 Å². The molecule has 1 aromatic heterocycles. The molecule has 248 valence electrons. The molecule has 12 nitrogen and oxygen atoms in total. The molecule has 14 heteroatoms. The maximum absolute atomic E-state index is 13.4. The van der Waals surface area contributed by atoms with Gasteiger partial charge in [-0.3, -0.25) is 4.72 Å². The normalized spacial score (nSPS) is 18.6. The Labute approximate surface area is 266 Å². The molecular formula is C31H45N5O7S2. The van der Waals surface area contributed by atoms with Gasteiger partial charge in [-0.25, -0.2) is 16.8 Å².